The van der Waals surface area contributed by atoms with Gasteiger partial charge < -0.3 is 10.1 Å². The van der Waals surface area contributed by atoms with Gasteiger partial charge >= 0.3 is 11.7 Å². The zero-order valence-corrected chi connectivity index (χ0v) is 17.6. The minimum absolute atomic E-state index is 0.0357. The third-order valence-corrected chi connectivity index (χ3v) is 6.72. The van der Waals surface area contributed by atoms with Gasteiger partial charge in [0.15, 0.2) is 6.61 Å². The van der Waals surface area contributed by atoms with E-state index in [2.05, 4.69) is 5.32 Å². The fourth-order valence-corrected chi connectivity index (χ4v) is 4.68. The van der Waals surface area contributed by atoms with Crippen LogP contribution in [0.2, 0.25) is 0 Å². The van der Waals surface area contributed by atoms with Gasteiger partial charge in [0.1, 0.15) is 0 Å². The van der Waals surface area contributed by atoms with E-state index in [1.807, 2.05) is 0 Å². The molecule has 0 unspecified atom stereocenters. The highest BCUT2D eigenvalue weighted by Crippen LogP contribution is 2.22. The van der Waals surface area contributed by atoms with Gasteiger partial charge in [-0.3, -0.25) is 14.9 Å². The molecular formula is C20H20FN3O7S. The summed E-state index contributed by atoms with van der Waals surface area (Å²) in [6, 6.07) is 8.00. The molecule has 0 bridgehead atoms. The number of hydrogen-bond donors (Lipinski definition) is 1. The summed E-state index contributed by atoms with van der Waals surface area (Å²) >= 11 is 0. The summed E-state index contributed by atoms with van der Waals surface area (Å²) in [6.45, 7) is 0.217. The Morgan fingerprint density at radius 2 is 1.75 bits per heavy atom. The van der Waals surface area contributed by atoms with E-state index >= 15 is 0 Å². The molecule has 32 heavy (non-hydrogen) atoms. The Labute approximate surface area is 183 Å². The van der Waals surface area contributed by atoms with Gasteiger partial charge in [-0.25, -0.2) is 13.2 Å². The molecule has 0 atom stereocenters. The number of piperidine rings is 1. The average Bonchev–Trinajstić information content (AvgIpc) is 2.79. The van der Waals surface area contributed by atoms with Crippen molar-refractivity contribution in [2.75, 3.05) is 25.0 Å². The smallest absolute Gasteiger partial charge is 0.338 e. The monoisotopic (exact) mass is 465 g/mol. The number of ether oxygens (including phenoxy) is 1. The van der Waals surface area contributed by atoms with Crippen molar-refractivity contribution in [3.8, 4) is 0 Å². The molecule has 1 aliphatic rings. The van der Waals surface area contributed by atoms with E-state index in [0.717, 1.165) is 37.5 Å². The fourth-order valence-electron chi connectivity index (χ4n) is 3.16. The van der Waals surface area contributed by atoms with E-state index in [-0.39, 0.29) is 16.1 Å². The van der Waals surface area contributed by atoms with Crippen molar-refractivity contribution in [3.63, 3.8) is 0 Å². The van der Waals surface area contributed by atoms with Gasteiger partial charge in [0.05, 0.1) is 15.4 Å². The summed E-state index contributed by atoms with van der Waals surface area (Å²) in [5.74, 6) is -2.69. The number of carbonyl (C=O) groups excluding carboxylic acids is 2. The van der Waals surface area contributed by atoms with E-state index < -0.39 is 44.9 Å². The van der Waals surface area contributed by atoms with Gasteiger partial charge in [-0.15, -0.1) is 0 Å². The van der Waals surface area contributed by atoms with Crippen LogP contribution in [0.1, 0.15) is 29.6 Å². The summed E-state index contributed by atoms with van der Waals surface area (Å²) in [5.41, 5.74) is -0.793. The highest BCUT2D eigenvalue weighted by molar-refractivity contribution is 7.89. The second kappa shape index (κ2) is 9.83. The van der Waals surface area contributed by atoms with Gasteiger partial charge in [0.25, 0.3) is 5.91 Å². The molecule has 12 heteroatoms. The number of nitro benzene ring substituents is 1. The first-order chi connectivity index (χ1) is 15.2. The summed E-state index contributed by atoms with van der Waals surface area (Å²) in [7, 11) is -3.64. The fraction of sp³-hybridized carbons (Fsp3) is 0.300. The topological polar surface area (TPSA) is 136 Å². The first kappa shape index (κ1) is 23.3. The van der Waals surface area contributed by atoms with Crippen LogP contribution in [0, 0.1) is 15.9 Å². The number of esters is 1. The Hall–Kier alpha value is -3.38. The number of amides is 1. The van der Waals surface area contributed by atoms with Crippen LogP contribution < -0.4 is 5.32 Å². The van der Waals surface area contributed by atoms with Gasteiger partial charge in [-0.05, 0) is 49.2 Å². The van der Waals surface area contributed by atoms with Crippen molar-refractivity contribution in [3.05, 3.63) is 64.0 Å². The van der Waals surface area contributed by atoms with Crippen LogP contribution >= 0.6 is 0 Å². The zero-order valence-electron chi connectivity index (χ0n) is 16.8. The van der Waals surface area contributed by atoms with Crippen LogP contribution in [-0.2, 0) is 19.6 Å². The van der Waals surface area contributed by atoms with Crippen molar-refractivity contribution in [1.82, 2.24) is 4.31 Å². The third-order valence-electron chi connectivity index (χ3n) is 4.80. The lowest BCUT2D eigenvalue weighted by Gasteiger charge is -2.25. The number of benzene rings is 2. The van der Waals surface area contributed by atoms with Crippen LogP contribution in [-0.4, -0.2) is 49.2 Å². The van der Waals surface area contributed by atoms with E-state index in [1.54, 1.807) is 0 Å². The Balaban J connectivity index is 1.57. The van der Waals surface area contributed by atoms with Crippen molar-refractivity contribution >= 4 is 33.3 Å². The molecule has 2 aromatic rings. The zero-order chi connectivity index (χ0) is 23.3. The maximum atomic E-state index is 13.3. The molecule has 0 aliphatic carbocycles. The van der Waals surface area contributed by atoms with E-state index in [9.17, 15) is 32.5 Å². The SMILES string of the molecule is O=C(COC(=O)c1ccc(S(=O)(=O)N2CCCCC2)cc1)Nc1ccc(F)c([N+](=O)[O-])c1. The molecule has 1 fully saturated rings. The van der Waals surface area contributed by atoms with Gasteiger partial charge in [-0.1, -0.05) is 6.42 Å². The van der Waals surface area contributed by atoms with E-state index in [1.165, 1.54) is 28.6 Å². The largest absolute Gasteiger partial charge is 0.452 e. The van der Waals surface area contributed by atoms with Crippen LogP contribution in [0.5, 0.6) is 0 Å². The molecule has 3 rings (SSSR count). The number of anilines is 1. The Kier molecular flexibility index (Phi) is 7.15. The quantitative estimate of drug-likeness (QED) is 0.377. The number of nitrogens with one attached hydrogen (secondary N) is 1. The summed E-state index contributed by atoms with van der Waals surface area (Å²) in [5, 5.41) is 13.0. The van der Waals surface area contributed by atoms with Crippen molar-refractivity contribution < 1.29 is 32.1 Å². The number of rotatable bonds is 7. The molecule has 10 nitrogen and oxygen atoms in total. The first-order valence-corrected chi connectivity index (χ1v) is 11.1. The lowest BCUT2D eigenvalue weighted by molar-refractivity contribution is -0.387. The maximum absolute atomic E-state index is 13.3. The molecule has 0 radical (unpaired) electrons. The number of hydrogen-bond acceptors (Lipinski definition) is 7. The molecule has 1 saturated heterocycles. The molecule has 1 amide bonds. The predicted octanol–water partition coefficient (Wildman–Crippen LogP) is 2.70. The standard InChI is InChI=1S/C20H20FN3O7S/c21-17-9-6-15(12-18(17)24(27)28)22-19(25)13-31-20(26)14-4-7-16(8-5-14)32(29,30)23-10-2-1-3-11-23/h4-9,12H,1-3,10-11,13H2,(H,22,25). The number of nitro groups is 1. The van der Waals surface area contributed by atoms with Crippen LogP contribution in [0.3, 0.4) is 0 Å². The Bertz CT molecular complexity index is 1130. The highest BCUT2D eigenvalue weighted by atomic mass is 32.2. The number of carbonyl (C=O) groups is 2. The Morgan fingerprint density at radius 1 is 1.09 bits per heavy atom. The predicted molar refractivity (Wildman–Crippen MR) is 111 cm³/mol. The van der Waals surface area contributed by atoms with Gasteiger partial charge in [0, 0.05) is 24.8 Å². The molecule has 0 aromatic heterocycles. The number of sulfonamides is 1. The van der Waals surface area contributed by atoms with Crippen molar-refractivity contribution in [2.24, 2.45) is 0 Å². The van der Waals surface area contributed by atoms with Crippen LogP contribution in [0.25, 0.3) is 0 Å². The molecule has 0 spiro atoms. The highest BCUT2D eigenvalue weighted by Gasteiger charge is 2.26. The van der Waals surface area contributed by atoms with Crippen molar-refractivity contribution in [2.45, 2.75) is 24.2 Å². The molecule has 1 aliphatic heterocycles. The maximum Gasteiger partial charge on any atom is 0.338 e. The van der Waals surface area contributed by atoms with Crippen molar-refractivity contribution in [1.29, 1.82) is 0 Å². The normalized spacial score (nSPS) is 14.5. The second-order valence-electron chi connectivity index (χ2n) is 7.04. The second-order valence-corrected chi connectivity index (χ2v) is 8.97. The van der Waals surface area contributed by atoms with Gasteiger partial charge in [-0.2, -0.15) is 8.70 Å². The molecule has 0 saturated carbocycles. The van der Waals surface area contributed by atoms with E-state index in [4.69, 9.17) is 4.74 Å². The minimum Gasteiger partial charge on any atom is -0.452 e. The van der Waals surface area contributed by atoms with Gasteiger partial charge in [0.2, 0.25) is 15.8 Å². The van der Waals surface area contributed by atoms with Crippen LogP contribution in [0.4, 0.5) is 15.8 Å². The minimum atomic E-state index is -3.64. The average molecular weight is 465 g/mol. The lowest BCUT2D eigenvalue weighted by atomic mass is 10.2. The third kappa shape index (κ3) is 5.45. The Morgan fingerprint density at radius 3 is 2.38 bits per heavy atom. The summed E-state index contributed by atoms with van der Waals surface area (Å²) in [6.07, 6.45) is 2.59. The summed E-state index contributed by atoms with van der Waals surface area (Å²) < 4.78 is 44.9. The van der Waals surface area contributed by atoms with E-state index in [0.29, 0.717) is 13.1 Å². The molecule has 1 N–H and O–H groups in total. The number of halogens is 1. The first-order valence-electron chi connectivity index (χ1n) is 9.69. The van der Waals surface area contributed by atoms with Crippen LogP contribution in [0.15, 0.2) is 47.4 Å². The number of nitrogens with zero attached hydrogens (tertiary/aromatic N) is 2. The molecule has 170 valence electrons. The molecular weight excluding hydrogens is 445 g/mol. The molecule has 1 heterocycles. The molecule has 2 aromatic carbocycles. The lowest BCUT2D eigenvalue weighted by Crippen LogP contribution is -2.35. The summed E-state index contributed by atoms with van der Waals surface area (Å²) in [4.78, 5) is 34.0.